The summed E-state index contributed by atoms with van der Waals surface area (Å²) in [5.74, 6) is -0.352. The first kappa shape index (κ1) is 14.0. The summed E-state index contributed by atoms with van der Waals surface area (Å²) in [6.45, 7) is 2.82. The highest BCUT2D eigenvalue weighted by molar-refractivity contribution is 7.80. The molecule has 94 valence electrons. The van der Waals surface area contributed by atoms with Gasteiger partial charge in [-0.15, -0.1) is 0 Å². The zero-order valence-corrected chi connectivity index (χ0v) is 10.8. The topological polar surface area (TPSA) is 49.5 Å². The minimum atomic E-state index is -0.409. The van der Waals surface area contributed by atoms with Crippen LogP contribution in [0, 0.1) is 5.82 Å². The molecule has 0 aliphatic carbocycles. The van der Waals surface area contributed by atoms with Crippen LogP contribution >= 0.6 is 12.2 Å². The van der Waals surface area contributed by atoms with Crippen molar-refractivity contribution in [1.29, 1.82) is 0 Å². The molecule has 0 saturated heterocycles. The maximum atomic E-state index is 13.1. The summed E-state index contributed by atoms with van der Waals surface area (Å²) in [4.78, 5) is 2.12. The summed E-state index contributed by atoms with van der Waals surface area (Å²) in [5, 5.41) is 9.27. The fraction of sp³-hybridized carbons (Fsp3) is 0.417. The van der Waals surface area contributed by atoms with Crippen LogP contribution in [0.5, 0.6) is 0 Å². The molecular formula is C12H17FN2OS. The van der Waals surface area contributed by atoms with E-state index in [1.54, 1.807) is 13.0 Å². The van der Waals surface area contributed by atoms with Gasteiger partial charge in [0.15, 0.2) is 0 Å². The van der Waals surface area contributed by atoms with Gasteiger partial charge in [-0.1, -0.05) is 18.3 Å². The van der Waals surface area contributed by atoms with Crippen LogP contribution in [0.15, 0.2) is 18.2 Å². The smallest absolute Gasteiger partial charge is 0.123 e. The van der Waals surface area contributed by atoms with Crippen LogP contribution in [0.25, 0.3) is 0 Å². The van der Waals surface area contributed by atoms with Gasteiger partial charge in [-0.3, -0.25) is 4.90 Å². The summed E-state index contributed by atoms with van der Waals surface area (Å²) in [5.41, 5.74) is 6.97. The van der Waals surface area contributed by atoms with Gasteiger partial charge >= 0.3 is 0 Å². The van der Waals surface area contributed by atoms with Crippen molar-refractivity contribution in [3.05, 3.63) is 35.1 Å². The Morgan fingerprint density at radius 1 is 1.59 bits per heavy atom. The molecule has 0 aromatic heterocycles. The van der Waals surface area contributed by atoms with E-state index in [4.69, 9.17) is 18.0 Å². The Balaban J connectivity index is 2.86. The number of nitrogens with two attached hydrogens (primary N) is 1. The Kier molecular flexibility index (Phi) is 4.99. The van der Waals surface area contributed by atoms with Crippen molar-refractivity contribution in [3.63, 3.8) is 0 Å². The molecule has 0 heterocycles. The van der Waals surface area contributed by atoms with Gasteiger partial charge in [-0.2, -0.15) is 0 Å². The second kappa shape index (κ2) is 6.05. The fourth-order valence-corrected chi connectivity index (χ4v) is 1.91. The van der Waals surface area contributed by atoms with E-state index in [2.05, 4.69) is 0 Å². The van der Waals surface area contributed by atoms with E-state index in [-0.39, 0.29) is 10.8 Å². The molecule has 0 amide bonds. The SMILES string of the molecule is CC(O)CN(C)Cc1ccc(F)cc1C(N)=S. The van der Waals surface area contributed by atoms with E-state index >= 15 is 0 Å². The number of rotatable bonds is 5. The summed E-state index contributed by atoms with van der Waals surface area (Å²) in [6.07, 6.45) is -0.409. The molecule has 0 saturated carbocycles. The Morgan fingerprint density at radius 3 is 2.76 bits per heavy atom. The van der Waals surface area contributed by atoms with Crippen LogP contribution in [0.1, 0.15) is 18.1 Å². The third-order valence-electron chi connectivity index (χ3n) is 2.35. The average Bonchev–Trinajstić information content (AvgIpc) is 2.19. The summed E-state index contributed by atoms with van der Waals surface area (Å²) < 4.78 is 13.1. The maximum Gasteiger partial charge on any atom is 0.123 e. The highest BCUT2D eigenvalue weighted by Gasteiger charge is 2.10. The maximum absolute atomic E-state index is 13.1. The molecule has 5 heteroatoms. The number of benzene rings is 1. The van der Waals surface area contributed by atoms with Crippen molar-refractivity contribution in [2.45, 2.75) is 19.6 Å². The molecule has 1 rings (SSSR count). The number of halogens is 1. The summed E-state index contributed by atoms with van der Waals surface area (Å²) in [6, 6.07) is 4.39. The molecule has 0 aliphatic rings. The Morgan fingerprint density at radius 2 is 2.24 bits per heavy atom. The zero-order valence-electron chi connectivity index (χ0n) is 9.98. The van der Waals surface area contributed by atoms with Gasteiger partial charge in [0.05, 0.1) is 6.10 Å². The van der Waals surface area contributed by atoms with Crippen LogP contribution in [0.4, 0.5) is 4.39 Å². The lowest BCUT2D eigenvalue weighted by atomic mass is 10.1. The first-order valence-electron chi connectivity index (χ1n) is 5.35. The Labute approximate surface area is 106 Å². The molecule has 1 atom stereocenters. The van der Waals surface area contributed by atoms with Crippen molar-refractivity contribution >= 4 is 17.2 Å². The van der Waals surface area contributed by atoms with Gasteiger partial charge in [-0.25, -0.2) is 4.39 Å². The van der Waals surface area contributed by atoms with Gasteiger partial charge in [-0.05, 0) is 31.7 Å². The van der Waals surface area contributed by atoms with E-state index in [1.807, 2.05) is 11.9 Å². The number of hydrogen-bond donors (Lipinski definition) is 2. The largest absolute Gasteiger partial charge is 0.392 e. The van der Waals surface area contributed by atoms with Crippen LogP contribution in [-0.4, -0.2) is 34.7 Å². The van der Waals surface area contributed by atoms with Gasteiger partial charge in [0.2, 0.25) is 0 Å². The molecular weight excluding hydrogens is 239 g/mol. The lowest BCUT2D eigenvalue weighted by molar-refractivity contribution is 0.138. The van der Waals surface area contributed by atoms with Crippen LogP contribution in [0.3, 0.4) is 0 Å². The number of nitrogens with zero attached hydrogens (tertiary/aromatic N) is 1. The van der Waals surface area contributed by atoms with Gasteiger partial charge in [0.25, 0.3) is 0 Å². The predicted octanol–water partition coefficient (Wildman–Crippen LogP) is 1.27. The first-order valence-corrected chi connectivity index (χ1v) is 5.76. The van der Waals surface area contributed by atoms with Crippen molar-refractivity contribution < 1.29 is 9.50 Å². The number of aliphatic hydroxyl groups excluding tert-OH is 1. The molecule has 3 nitrogen and oxygen atoms in total. The zero-order chi connectivity index (χ0) is 13.0. The second-order valence-electron chi connectivity index (χ2n) is 4.21. The minimum absolute atomic E-state index is 0.185. The van der Waals surface area contributed by atoms with Gasteiger partial charge in [0.1, 0.15) is 10.8 Å². The van der Waals surface area contributed by atoms with E-state index in [0.717, 1.165) is 5.56 Å². The van der Waals surface area contributed by atoms with Crippen molar-refractivity contribution in [1.82, 2.24) is 4.90 Å². The lowest BCUT2D eigenvalue weighted by Crippen LogP contribution is -2.28. The molecule has 17 heavy (non-hydrogen) atoms. The number of hydrogen-bond acceptors (Lipinski definition) is 3. The quantitative estimate of drug-likeness (QED) is 0.779. The van der Waals surface area contributed by atoms with E-state index in [1.165, 1.54) is 12.1 Å². The van der Waals surface area contributed by atoms with E-state index in [0.29, 0.717) is 18.7 Å². The monoisotopic (exact) mass is 256 g/mol. The van der Waals surface area contributed by atoms with E-state index in [9.17, 15) is 9.50 Å². The third kappa shape index (κ3) is 4.38. The molecule has 0 bridgehead atoms. The van der Waals surface area contributed by atoms with Gasteiger partial charge < -0.3 is 10.8 Å². The molecule has 1 aromatic carbocycles. The van der Waals surface area contributed by atoms with Crippen LogP contribution in [0.2, 0.25) is 0 Å². The third-order valence-corrected chi connectivity index (χ3v) is 2.57. The molecule has 0 radical (unpaired) electrons. The standard InChI is InChI=1S/C12H17FN2OS/c1-8(16)6-15(2)7-9-3-4-10(13)5-11(9)12(14)17/h3-5,8,16H,6-7H2,1-2H3,(H2,14,17). The lowest BCUT2D eigenvalue weighted by Gasteiger charge is -2.20. The Bertz CT molecular complexity index is 409. The molecule has 3 N–H and O–H groups in total. The fourth-order valence-electron chi connectivity index (χ4n) is 1.72. The molecule has 0 aliphatic heterocycles. The van der Waals surface area contributed by atoms with E-state index < -0.39 is 6.10 Å². The van der Waals surface area contributed by atoms with Crippen LogP contribution in [-0.2, 0) is 6.54 Å². The average molecular weight is 256 g/mol. The van der Waals surface area contributed by atoms with Gasteiger partial charge in [0, 0.05) is 18.7 Å². The van der Waals surface area contributed by atoms with Crippen molar-refractivity contribution in [2.24, 2.45) is 5.73 Å². The Hall–Kier alpha value is -1.04. The number of thiocarbonyl (C=S) groups is 1. The van der Waals surface area contributed by atoms with Crippen molar-refractivity contribution in [3.8, 4) is 0 Å². The molecule has 0 fully saturated rings. The first-order chi connectivity index (χ1) is 7.90. The normalized spacial score (nSPS) is 12.8. The molecule has 1 unspecified atom stereocenters. The minimum Gasteiger partial charge on any atom is -0.392 e. The number of likely N-dealkylation sites (N-methyl/N-ethyl adjacent to an activating group) is 1. The van der Waals surface area contributed by atoms with Crippen LogP contribution < -0.4 is 5.73 Å². The highest BCUT2D eigenvalue weighted by atomic mass is 32.1. The number of aliphatic hydroxyl groups is 1. The second-order valence-corrected chi connectivity index (χ2v) is 4.65. The molecule has 0 spiro atoms. The summed E-state index contributed by atoms with van der Waals surface area (Å²) >= 11 is 4.89. The molecule has 1 aromatic rings. The predicted molar refractivity (Wildman–Crippen MR) is 70.3 cm³/mol. The summed E-state index contributed by atoms with van der Waals surface area (Å²) in [7, 11) is 1.87. The highest BCUT2D eigenvalue weighted by Crippen LogP contribution is 2.13. The van der Waals surface area contributed by atoms with Crippen molar-refractivity contribution in [2.75, 3.05) is 13.6 Å².